The second kappa shape index (κ2) is 8.57. The number of benzene rings is 2. The van der Waals surface area contributed by atoms with Crippen LogP contribution in [0.1, 0.15) is 5.56 Å². The molecule has 3 aromatic rings. The lowest BCUT2D eigenvalue weighted by atomic mass is 10.2. The number of nitro groups is 1. The zero-order valence-corrected chi connectivity index (χ0v) is 16.3. The number of nitrogens with one attached hydrogen (secondary N) is 1. The molecular formula is C19H18N4O4S. The quantitative estimate of drug-likeness (QED) is 0.350. The molecular weight excluding hydrogens is 380 g/mol. The lowest BCUT2D eigenvalue weighted by molar-refractivity contribution is -0.387. The summed E-state index contributed by atoms with van der Waals surface area (Å²) in [6.07, 6.45) is 1.29. The Balaban J connectivity index is 2.00. The maximum atomic E-state index is 11.8. The van der Waals surface area contributed by atoms with Crippen molar-refractivity contribution in [1.29, 1.82) is 0 Å². The van der Waals surface area contributed by atoms with Gasteiger partial charge in [0.1, 0.15) is 17.8 Å². The average molecular weight is 398 g/mol. The van der Waals surface area contributed by atoms with Crippen molar-refractivity contribution < 1.29 is 14.4 Å². The van der Waals surface area contributed by atoms with E-state index < -0.39 is 4.92 Å². The molecule has 0 atom stereocenters. The van der Waals surface area contributed by atoms with Crippen LogP contribution >= 0.6 is 11.8 Å². The first-order valence-corrected chi connectivity index (χ1v) is 9.06. The molecule has 8 nitrogen and oxygen atoms in total. The molecule has 0 amide bonds. The normalized spacial score (nSPS) is 10.4. The van der Waals surface area contributed by atoms with Gasteiger partial charge in [0.05, 0.1) is 24.8 Å². The van der Waals surface area contributed by atoms with Crippen molar-refractivity contribution in [2.45, 2.75) is 16.8 Å². The largest absolute Gasteiger partial charge is 0.497 e. The number of hydrogen-bond donors (Lipinski definition) is 1. The van der Waals surface area contributed by atoms with Crippen LogP contribution < -0.4 is 14.8 Å². The van der Waals surface area contributed by atoms with E-state index in [1.54, 1.807) is 18.2 Å². The molecule has 3 rings (SSSR count). The topological polar surface area (TPSA) is 99.4 Å². The Hall–Kier alpha value is -3.33. The van der Waals surface area contributed by atoms with Gasteiger partial charge in [-0.3, -0.25) is 10.1 Å². The molecule has 0 aliphatic rings. The zero-order valence-electron chi connectivity index (χ0n) is 15.5. The number of hydrogen-bond acceptors (Lipinski definition) is 8. The second-order valence-corrected chi connectivity index (χ2v) is 6.80. The molecule has 0 saturated carbocycles. The van der Waals surface area contributed by atoms with Crippen LogP contribution in [0.5, 0.6) is 11.5 Å². The first-order valence-electron chi connectivity index (χ1n) is 8.24. The van der Waals surface area contributed by atoms with Gasteiger partial charge in [-0.25, -0.2) is 9.97 Å². The number of aryl methyl sites for hydroxylation is 1. The number of ether oxygens (including phenoxy) is 2. The van der Waals surface area contributed by atoms with Crippen molar-refractivity contribution in [1.82, 2.24) is 9.97 Å². The van der Waals surface area contributed by atoms with Crippen molar-refractivity contribution in [3.8, 4) is 11.5 Å². The molecule has 0 spiro atoms. The Kier molecular flexibility index (Phi) is 5.95. The molecule has 1 heterocycles. The maximum absolute atomic E-state index is 11.8. The van der Waals surface area contributed by atoms with E-state index in [2.05, 4.69) is 15.3 Å². The van der Waals surface area contributed by atoms with Crippen LogP contribution in [-0.4, -0.2) is 29.1 Å². The van der Waals surface area contributed by atoms with E-state index in [-0.39, 0.29) is 16.5 Å². The van der Waals surface area contributed by atoms with E-state index in [9.17, 15) is 10.1 Å². The highest BCUT2D eigenvalue weighted by molar-refractivity contribution is 7.99. The summed E-state index contributed by atoms with van der Waals surface area (Å²) in [5, 5.41) is 15.0. The van der Waals surface area contributed by atoms with E-state index in [1.807, 2.05) is 31.2 Å². The van der Waals surface area contributed by atoms with Gasteiger partial charge >= 0.3 is 5.69 Å². The highest BCUT2D eigenvalue weighted by Crippen LogP contribution is 2.39. The molecule has 1 N–H and O–H groups in total. The van der Waals surface area contributed by atoms with Crippen molar-refractivity contribution in [2.24, 2.45) is 0 Å². The third kappa shape index (κ3) is 4.32. The lowest BCUT2D eigenvalue weighted by Crippen LogP contribution is -2.04. The summed E-state index contributed by atoms with van der Waals surface area (Å²) in [6.45, 7) is 1.98. The lowest BCUT2D eigenvalue weighted by Gasteiger charge is -2.13. The van der Waals surface area contributed by atoms with E-state index in [0.29, 0.717) is 17.2 Å². The fourth-order valence-corrected chi connectivity index (χ4v) is 3.31. The first-order chi connectivity index (χ1) is 13.5. The monoisotopic (exact) mass is 398 g/mol. The van der Waals surface area contributed by atoms with Gasteiger partial charge in [0.25, 0.3) is 0 Å². The summed E-state index contributed by atoms with van der Waals surface area (Å²) in [5.74, 6) is 1.15. The van der Waals surface area contributed by atoms with E-state index in [0.717, 1.165) is 10.5 Å². The van der Waals surface area contributed by atoms with Crippen LogP contribution in [0, 0.1) is 17.0 Å². The smallest absolute Gasteiger partial charge is 0.343 e. The zero-order chi connectivity index (χ0) is 20.1. The van der Waals surface area contributed by atoms with Gasteiger partial charge < -0.3 is 14.8 Å². The Bertz CT molecular complexity index is 996. The SMILES string of the molecule is COc1ccc(OC)c(Nc2ncnc(Sc3ccc(C)cc3)c2[N+](=O)[O-])c1. The average Bonchev–Trinajstić information content (AvgIpc) is 2.69. The maximum Gasteiger partial charge on any atom is 0.343 e. The number of anilines is 2. The van der Waals surface area contributed by atoms with Crippen LogP contribution in [0.3, 0.4) is 0 Å². The van der Waals surface area contributed by atoms with E-state index >= 15 is 0 Å². The van der Waals surface area contributed by atoms with Gasteiger partial charge in [0.2, 0.25) is 5.82 Å². The molecule has 144 valence electrons. The summed E-state index contributed by atoms with van der Waals surface area (Å²) in [7, 11) is 3.05. The number of methoxy groups -OCH3 is 2. The third-order valence-corrected chi connectivity index (χ3v) is 4.87. The van der Waals surface area contributed by atoms with Crippen LogP contribution in [0.4, 0.5) is 17.2 Å². The molecule has 9 heteroatoms. The van der Waals surface area contributed by atoms with Crippen LogP contribution in [0.2, 0.25) is 0 Å². The molecule has 0 fully saturated rings. The predicted molar refractivity (Wildman–Crippen MR) is 107 cm³/mol. The standard InChI is InChI=1S/C19H18N4O4S/c1-12-4-7-14(8-5-12)28-19-17(23(24)25)18(20-11-21-19)22-15-10-13(26-2)6-9-16(15)27-3/h4-11H,1-3H3,(H,20,21,22). The Morgan fingerprint density at radius 3 is 2.46 bits per heavy atom. The first kappa shape index (κ1) is 19.4. The van der Waals surface area contributed by atoms with Crippen LogP contribution in [0.25, 0.3) is 0 Å². The fraction of sp³-hybridized carbons (Fsp3) is 0.158. The minimum atomic E-state index is -0.495. The van der Waals surface area contributed by atoms with Crippen molar-refractivity contribution in [2.75, 3.05) is 19.5 Å². The summed E-state index contributed by atoms with van der Waals surface area (Å²) >= 11 is 1.20. The van der Waals surface area contributed by atoms with Gasteiger partial charge in [0, 0.05) is 11.0 Å². The summed E-state index contributed by atoms with van der Waals surface area (Å²) in [6, 6.07) is 12.8. The molecule has 1 aromatic heterocycles. The van der Waals surface area contributed by atoms with E-state index in [1.165, 1.54) is 32.3 Å². The number of nitrogens with zero attached hydrogens (tertiary/aromatic N) is 3. The van der Waals surface area contributed by atoms with E-state index in [4.69, 9.17) is 9.47 Å². The summed E-state index contributed by atoms with van der Waals surface area (Å²) in [4.78, 5) is 20.3. The van der Waals surface area contributed by atoms with Crippen LogP contribution in [0.15, 0.2) is 58.7 Å². The third-order valence-electron chi connectivity index (χ3n) is 3.87. The number of aromatic nitrogens is 2. The molecule has 0 saturated heterocycles. The Morgan fingerprint density at radius 2 is 1.82 bits per heavy atom. The molecule has 0 aliphatic carbocycles. The fourth-order valence-electron chi connectivity index (χ4n) is 2.45. The Labute approximate surface area is 166 Å². The molecule has 0 unspecified atom stereocenters. The van der Waals surface area contributed by atoms with Gasteiger partial charge in [-0.15, -0.1) is 0 Å². The predicted octanol–water partition coefficient (Wildman–Crippen LogP) is 4.61. The number of rotatable bonds is 7. The molecule has 2 aromatic carbocycles. The second-order valence-electron chi connectivity index (χ2n) is 5.74. The minimum Gasteiger partial charge on any atom is -0.497 e. The van der Waals surface area contributed by atoms with Crippen LogP contribution in [-0.2, 0) is 0 Å². The van der Waals surface area contributed by atoms with Gasteiger partial charge in [-0.05, 0) is 31.2 Å². The van der Waals surface area contributed by atoms with Crippen molar-refractivity contribution in [3.63, 3.8) is 0 Å². The molecule has 28 heavy (non-hydrogen) atoms. The molecule has 0 radical (unpaired) electrons. The van der Waals surface area contributed by atoms with Gasteiger partial charge in [-0.1, -0.05) is 29.5 Å². The molecule has 0 bridgehead atoms. The van der Waals surface area contributed by atoms with Gasteiger partial charge in [-0.2, -0.15) is 0 Å². The minimum absolute atomic E-state index is 0.0705. The van der Waals surface area contributed by atoms with Crippen molar-refractivity contribution in [3.05, 3.63) is 64.5 Å². The highest BCUT2D eigenvalue weighted by atomic mass is 32.2. The highest BCUT2D eigenvalue weighted by Gasteiger charge is 2.24. The summed E-state index contributed by atoms with van der Waals surface area (Å²) in [5.41, 5.74) is 1.39. The summed E-state index contributed by atoms with van der Waals surface area (Å²) < 4.78 is 10.5. The van der Waals surface area contributed by atoms with Crippen molar-refractivity contribution >= 4 is 29.0 Å². The Morgan fingerprint density at radius 1 is 1.07 bits per heavy atom. The molecule has 0 aliphatic heterocycles. The van der Waals surface area contributed by atoms with Gasteiger partial charge in [0.15, 0.2) is 5.03 Å².